The molecule has 1 heterocycles. The number of cyclic esters (lactones) is 1. The van der Waals surface area contributed by atoms with E-state index in [9.17, 15) is 19.8 Å². The maximum absolute atomic E-state index is 11.4. The van der Waals surface area contributed by atoms with Crippen molar-refractivity contribution in [1.82, 2.24) is 0 Å². The van der Waals surface area contributed by atoms with E-state index >= 15 is 0 Å². The normalized spacial score (nSPS) is 23.3. The lowest BCUT2D eigenvalue weighted by molar-refractivity contribution is -0.151. The second-order valence-electron chi connectivity index (χ2n) is 9.17. The number of ether oxygens (including phenoxy) is 1. The molecule has 1 aliphatic heterocycles. The number of carbonyl (C=O) groups excluding carboxylic acids is 2. The standard InChI is InChI=1S/C25H36O5/c1-17(10-12-21-18(2)8-6-14-25(21,3)4)7-5-9-19(16-26)11-13-22(27)20-15-23(28)30-24(20)29/h7,11,15-16,22,24,27,29H,5-6,8-10,12-14H2,1-4H3/b17-7+,19-11+/t22-,24?/m1/s1. The predicted octanol–water partition coefficient (Wildman–Crippen LogP) is 4.70. The third-order valence-corrected chi connectivity index (χ3v) is 6.32. The van der Waals surface area contributed by atoms with Crippen LogP contribution in [0.1, 0.15) is 79.1 Å². The van der Waals surface area contributed by atoms with Crippen LogP contribution in [0.4, 0.5) is 0 Å². The largest absolute Gasteiger partial charge is 0.429 e. The molecule has 0 spiro atoms. The van der Waals surface area contributed by atoms with Crippen LogP contribution in [-0.2, 0) is 14.3 Å². The highest BCUT2D eigenvalue weighted by molar-refractivity contribution is 5.85. The second-order valence-corrected chi connectivity index (χ2v) is 9.17. The van der Waals surface area contributed by atoms with Crippen molar-refractivity contribution in [3.8, 4) is 0 Å². The molecule has 5 heteroatoms. The number of aliphatic hydroxyl groups is 2. The number of hydrogen-bond donors (Lipinski definition) is 2. The minimum atomic E-state index is -1.40. The molecule has 0 fully saturated rings. The number of hydrogen-bond acceptors (Lipinski definition) is 5. The summed E-state index contributed by atoms with van der Waals surface area (Å²) in [6.07, 6.45) is 10.7. The molecule has 2 atom stereocenters. The van der Waals surface area contributed by atoms with Crippen LogP contribution in [-0.4, -0.2) is 34.9 Å². The number of esters is 1. The molecule has 0 amide bonds. The van der Waals surface area contributed by atoms with E-state index in [1.165, 1.54) is 24.8 Å². The Morgan fingerprint density at radius 3 is 2.67 bits per heavy atom. The first-order valence-electron chi connectivity index (χ1n) is 10.9. The highest BCUT2D eigenvalue weighted by Gasteiger charge is 2.29. The van der Waals surface area contributed by atoms with Crippen LogP contribution < -0.4 is 0 Å². The van der Waals surface area contributed by atoms with Gasteiger partial charge in [-0.2, -0.15) is 0 Å². The predicted molar refractivity (Wildman–Crippen MR) is 118 cm³/mol. The quantitative estimate of drug-likeness (QED) is 0.233. The van der Waals surface area contributed by atoms with Crippen molar-refractivity contribution in [1.29, 1.82) is 0 Å². The molecule has 0 bridgehead atoms. The average Bonchev–Trinajstić information content (AvgIpc) is 3.01. The minimum Gasteiger partial charge on any atom is -0.429 e. The molecule has 0 radical (unpaired) electrons. The van der Waals surface area contributed by atoms with Crippen molar-refractivity contribution in [3.63, 3.8) is 0 Å². The van der Waals surface area contributed by atoms with Gasteiger partial charge in [0.1, 0.15) is 6.29 Å². The van der Waals surface area contributed by atoms with Gasteiger partial charge in [0.15, 0.2) is 0 Å². The topological polar surface area (TPSA) is 83.8 Å². The fraction of sp³-hybridized carbons (Fsp3) is 0.600. The molecule has 0 saturated carbocycles. The van der Waals surface area contributed by atoms with Crippen molar-refractivity contribution in [2.45, 2.75) is 91.5 Å². The van der Waals surface area contributed by atoms with Gasteiger partial charge in [0.25, 0.3) is 0 Å². The van der Waals surface area contributed by atoms with E-state index in [-0.39, 0.29) is 12.0 Å². The molecule has 0 saturated heterocycles. The van der Waals surface area contributed by atoms with E-state index in [0.717, 1.165) is 31.6 Å². The van der Waals surface area contributed by atoms with E-state index in [2.05, 4.69) is 38.5 Å². The second kappa shape index (κ2) is 10.9. The number of allylic oxidation sites excluding steroid dienone is 5. The third-order valence-electron chi connectivity index (χ3n) is 6.32. The minimum absolute atomic E-state index is 0.132. The summed E-state index contributed by atoms with van der Waals surface area (Å²) in [5.41, 5.74) is 5.53. The zero-order chi connectivity index (χ0) is 22.3. The van der Waals surface area contributed by atoms with Crippen LogP contribution >= 0.6 is 0 Å². The van der Waals surface area contributed by atoms with Crippen LogP contribution in [0.15, 0.2) is 46.1 Å². The third kappa shape index (κ3) is 6.78. The first kappa shape index (κ1) is 24.3. The molecule has 1 unspecified atom stereocenters. The van der Waals surface area contributed by atoms with Crippen LogP contribution in [0, 0.1) is 5.41 Å². The number of rotatable bonds is 10. The lowest BCUT2D eigenvalue weighted by Crippen LogP contribution is -2.20. The summed E-state index contributed by atoms with van der Waals surface area (Å²) in [5, 5.41) is 19.7. The van der Waals surface area contributed by atoms with Crippen LogP contribution in [0.2, 0.25) is 0 Å². The summed E-state index contributed by atoms with van der Waals surface area (Å²) in [6, 6.07) is 0. The zero-order valence-electron chi connectivity index (χ0n) is 18.7. The first-order valence-corrected chi connectivity index (χ1v) is 10.9. The van der Waals surface area contributed by atoms with Gasteiger partial charge in [-0.15, -0.1) is 0 Å². The molecule has 2 rings (SSSR count). The summed E-state index contributed by atoms with van der Waals surface area (Å²) in [5.74, 6) is -0.667. The Morgan fingerprint density at radius 2 is 2.07 bits per heavy atom. The molecular weight excluding hydrogens is 380 g/mol. The summed E-state index contributed by atoms with van der Waals surface area (Å²) in [4.78, 5) is 22.5. The SMILES string of the molecule is CC1=C(CC/C(C)=C/CC/C(C=O)=C\C[C@@H](O)C2=CC(=O)OC2O)C(C)(C)CCC1. The Bertz CT molecular complexity index is 766. The molecule has 166 valence electrons. The van der Waals surface area contributed by atoms with Crippen molar-refractivity contribution in [3.05, 3.63) is 46.1 Å². The zero-order valence-corrected chi connectivity index (χ0v) is 18.7. The maximum Gasteiger partial charge on any atom is 0.333 e. The maximum atomic E-state index is 11.4. The molecule has 5 nitrogen and oxygen atoms in total. The molecule has 0 aromatic heterocycles. The van der Waals surface area contributed by atoms with E-state index in [4.69, 9.17) is 0 Å². The lowest BCUT2D eigenvalue weighted by atomic mass is 9.71. The number of aldehydes is 1. The van der Waals surface area contributed by atoms with Gasteiger partial charge in [-0.3, -0.25) is 4.79 Å². The fourth-order valence-electron chi connectivity index (χ4n) is 4.42. The Morgan fingerprint density at radius 1 is 1.33 bits per heavy atom. The van der Waals surface area contributed by atoms with E-state index in [1.807, 2.05) is 0 Å². The Hall–Kier alpha value is -1.98. The lowest BCUT2D eigenvalue weighted by Gasteiger charge is -2.35. The highest BCUT2D eigenvalue weighted by Crippen LogP contribution is 2.42. The van der Waals surface area contributed by atoms with Crippen LogP contribution in [0.5, 0.6) is 0 Å². The van der Waals surface area contributed by atoms with Gasteiger partial charge in [0.2, 0.25) is 6.29 Å². The van der Waals surface area contributed by atoms with Gasteiger partial charge in [0.05, 0.1) is 6.10 Å². The average molecular weight is 417 g/mol. The Kier molecular flexibility index (Phi) is 8.80. The van der Waals surface area contributed by atoms with E-state index < -0.39 is 18.4 Å². The van der Waals surface area contributed by atoms with Gasteiger partial charge < -0.3 is 14.9 Å². The summed E-state index contributed by atoms with van der Waals surface area (Å²) in [7, 11) is 0. The molecule has 0 aromatic rings. The summed E-state index contributed by atoms with van der Waals surface area (Å²) < 4.78 is 4.57. The molecule has 0 aromatic carbocycles. The molecule has 2 N–H and O–H groups in total. The Balaban J connectivity index is 1.83. The molecule has 30 heavy (non-hydrogen) atoms. The van der Waals surface area contributed by atoms with Gasteiger partial charge in [-0.25, -0.2) is 4.79 Å². The molecule has 2 aliphatic rings. The summed E-state index contributed by atoms with van der Waals surface area (Å²) >= 11 is 0. The summed E-state index contributed by atoms with van der Waals surface area (Å²) in [6.45, 7) is 9.11. The fourth-order valence-corrected chi connectivity index (χ4v) is 4.42. The van der Waals surface area contributed by atoms with E-state index in [1.54, 1.807) is 17.2 Å². The van der Waals surface area contributed by atoms with Crippen molar-refractivity contribution >= 4 is 12.3 Å². The van der Waals surface area contributed by atoms with Gasteiger partial charge >= 0.3 is 5.97 Å². The highest BCUT2D eigenvalue weighted by atomic mass is 16.6. The van der Waals surface area contributed by atoms with E-state index in [0.29, 0.717) is 17.4 Å². The van der Waals surface area contributed by atoms with Crippen LogP contribution in [0.3, 0.4) is 0 Å². The van der Waals surface area contributed by atoms with Gasteiger partial charge in [0, 0.05) is 11.6 Å². The van der Waals surface area contributed by atoms with Gasteiger partial charge in [-0.05, 0) is 76.2 Å². The smallest absolute Gasteiger partial charge is 0.333 e. The monoisotopic (exact) mass is 416 g/mol. The Labute approximate surface area is 180 Å². The van der Waals surface area contributed by atoms with Crippen molar-refractivity contribution < 1.29 is 24.5 Å². The van der Waals surface area contributed by atoms with Gasteiger partial charge in [-0.1, -0.05) is 42.7 Å². The van der Waals surface area contributed by atoms with Crippen molar-refractivity contribution in [2.24, 2.45) is 5.41 Å². The molecule has 1 aliphatic carbocycles. The first-order chi connectivity index (χ1) is 14.1. The molecular formula is C25H36O5. The van der Waals surface area contributed by atoms with Crippen molar-refractivity contribution in [2.75, 3.05) is 0 Å². The number of aliphatic hydroxyl groups excluding tert-OH is 2. The van der Waals surface area contributed by atoms with Crippen LogP contribution in [0.25, 0.3) is 0 Å². The number of carbonyl (C=O) groups is 2.